The highest BCUT2D eigenvalue weighted by Crippen LogP contribution is 2.30. The number of halogens is 2. The molecule has 5 heteroatoms. The van der Waals surface area contributed by atoms with Crippen molar-refractivity contribution >= 4 is 24.8 Å². The van der Waals surface area contributed by atoms with E-state index in [-0.39, 0.29) is 30.9 Å². The first kappa shape index (κ1) is 11.5. The zero-order chi connectivity index (χ0) is 6.32. The maximum Gasteiger partial charge on any atom is 0.0625 e. The minimum atomic E-state index is 0. The molecule has 2 aliphatic heterocycles. The van der Waals surface area contributed by atoms with Crippen molar-refractivity contribution in [2.75, 3.05) is 26.3 Å². The van der Waals surface area contributed by atoms with Crippen LogP contribution in [0.5, 0.6) is 0 Å². The van der Waals surface area contributed by atoms with Crippen molar-refractivity contribution in [3.63, 3.8) is 0 Å². The van der Waals surface area contributed by atoms with Crippen LogP contribution in [-0.4, -0.2) is 32.3 Å². The summed E-state index contributed by atoms with van der Waals surface area (Å²) in [4.78, 5) is 0. The predicted molar refractivity (Wildman–Crippen MR) is 48.6 cm³/mol. The molecule has 2 heterocycles. The van der Waals surface area contributed by atoms with E-state index in [1.54, 1.807) is 0 Å². The van der Waals surface area contributed by atoms with Gasteiger partial charge in [-0.1, -0.05) is 0 Å². The average Bonchev–Trinajstić information content (AvgIpc) is 2.07. The van der Waals surface area contributed by atoms with E-state index in [1.165, 1.54) is 0 Å². The number of nitrogens with one attached hydrogen (secondary N) is 1. The van der Waals surface area contributed by atoms with Gasteiger partial charge in [0.05, 0.1) is 13.2 Å². The maximum atomic E-state index is 5.81. The van der Waals surface area contributed by atoms with E-state index in [2.05, 4.69) is 5.32 Å². The summed E-state index contributed by atoms with van der Waals surface area (Å²) in [6.45, 7) is 3.71. The van der Waals surface area contributed by atoms with Gasteiger partial charge in [0.2, 0.25) is 0 Å². The summed E-state index contributed by atoms with van der Waals surface area (Å²) >= 11 is 0. The molecule has 68 valence electrons. The van der Waals surface area contributed by atoms with Gasteiger partial charge in [-0.15, -0.1) is 24.8 Å². The van der Waals surface area contributed by atoms with E-state index < -0.39 is 0 Å². The Kier molecular flexibility index (Phi) is 4.08. The lowest BCUT2D eigenvalue weighted by molar-refractivity contribution is 0.108. The van der Waals surface area contributed by atoms with Crippen LogP contribution < -0.4 is 11.1 Å². The standard InChI is InChI=1S/C6H12N2O.2ClH/c7-5-1-9-4-6(5)2-8-3-6;;/h5,8H,1-4,7H2;2*1H/t5-;;/m1../s1. The van der Waals surface area contributed by atoms with Crippen molar-refractivity contribution in [3.05, 3.63) is 0 Å². The Morgan fingerprint density at radius 3 is 2.18 bits per heavy atom. The highest BCUT2D eigenvalue weighted by molar-refractivity contribution is 5.85. The van der Waals surface area contributed by atoms with Gasteiger partial charge in [-0.3, -0.25) is 0 Å². The Morgan fingerprint density at radius 2 is 2.00 bits per heavy atom. The molecular weight excluding hydrogens is 187 g/mol. The van der Waals surface area contributed by atoms with E-state index in [9.17, 15) is 0 Å². The number of ether oxygens (including phenoxy) is 1. The van der Waals surface area contributed by atoms with Crippen LogP contribution in [-0.2, 0) is 4.74 Å². The highest BCUT2D eigenvalue weighted by Gasteiger charge is 2.46. The SMILES string of the molecule is Cl.Cl.N[C@@H]1COCC12CNC2. The molecule has 1 spiro atoms. The van der Waals surface area contributed by atoms with Crippen LogP contribution in [0.15, 0.2) is 0 Å². The number of rotatable bonds is 0. The lowest BCUT2D eigenvalue weighted by Gasteiger charge is -2.40. The summed E-state index contributed by atoms with van der Waals surface area (Å²) in [5.41, 5.74) is 6.13. The third-order valence-electron chi connectivity index (χ3n) is 2.43. The van der Waals surface area contributed by atoms with Gasteiger partial charge in [0, 0.05) is 24.5 Å². The molecule has 0 aromatic carbocycles. The summed E-state index contributed by atoms with van der Waals surface area (Å²) in [6, 6.07) is 0.277. The van der Waals surface area contributed by atoms with Crippen LogP contribution in [0.25, 0.3) is 0 Å². The van der Waals surface area contributed by atoms with Crippen molar-refractivity contribution in [1.82, 2.24) is 5.32 Å². The summed E-state index contributed by atoms with van der Waals surface area (Å²) in [6.07, 6.45) is 0. The summed E-state index contributed by atoms with van der Waals surface area (Å²) in [5, 5.41) is 3.21. The van der Waals surface area contributed by atoms with Crippen molar-refractivity contribution < 1.29 is 4.74 Å². The van der Waals surface area contributed by atoms with E-state index in [1.807, 2.05) is 0 Å². The normalized spacial score (nSPS) is 31.9. The van der Waals surface area contributed by atoms with Crippen LogP contribution in [0.1, 0.15) is 0 Å². The van der Waals surface area contributed by atoms with Crippen LogP contribution in [0.3, 0.4) is 0 Å². The molecule has 0 bridgehead atoms. The zero-order valence-corrected chi connectivity index (χ0v) is 7.84. The molecule has 2 rings (SSSR count). The third kappa shape index (κ3) is 1.63. The van der Waals surface area contributed by atoms with Gasteiger partial charge in [0.15, 0.2) is 0 Å². The quantitative estimate of drug-likeness (QED) is 0.569. The molecule has 0 amide bonds. The van der Waals surface area contributed by atoms with Gasteiger partial charge < -0.3 is 15.8 Å². The van der Waals surface area contributed by atoms with Crippen molar-refractivity contribution in [1.29, 1.82) is 0 Å². The van der Waals surface area contributed by atoms with Crippen LogP contribution >= 0.6 is 24.8 Å². The van der Waals surface area contributed by atoms with Gasteiger partial charge in [-0.25, -0.2) is 0 Å². The highest BCUT2D eigenvalue weighted by atomic mass is 35.5. The number of hydrogen-bond donors (Lipinski definition) is 2. The van der Waals surface area contributed by atoms with Crippen molar-refractivity contribution in [3.8, 4) is 0 Å². The van der Waals surface area contributed by atoms with Gasteiger partial charge in [0.25, 0.3) is 0 Å². The minimum Gasteiger partial charge on any atom is -0.379 e. The van der Waals surface area contributed by atoms with E-state index in [0.29, 0.717) is 5.41 Å². The maximum absolute atomic E-state index is 5.81. The fraction of sp³-hybridized carbons (Fsp3) is 1.00. The summed E-state index contributed by atoms with van der Waals surface area (Å²) < 4.78 is 5.25. The van der Waals surface area contributed by atoms with Crippen LogP contribution in [0.4, 0.5) is 0 Å². The molecule has 0 radical (unpaired) electrons. The Labute approximate surface area is 78.9 Å². The Bertz CT molecular complexity index is 130. The zero-order valence-electron chi connectivity index (χ0n) is 6.21. The largest absolute Gasteiger partial charge is 0.379 e. The van der Waals surface area contributed by atoms with E-state index in [4.69, 9.17) is 10.5 Å². The van der Waals surface area contributed by atoms with Gasteiger partial charge in [-0.2, -0.15) is 0 Å². The summed E-state index contributed by atoms with van der Waals surface area (Å²) in [7, 11) is 0. The third-order valence-corrected chi connectivity index (χ3v) is 2.43. The van der Waals surface area contributed by atoms with Gasteiger partial charge >= 0.3 is 0 Å². The lowest BCUT2D eigenvalue weighted by atomic mass is 9.78. The molecule has 0 saturated carbocycles. The molecule has 0 aromatic heterocycles. The summed E-state index contributed by atoms with van der Waals surface area (Å²) in [5.74, 6) is 0. The Hall–Kier alpha value is 0.460. The monoisotopic (exact) mass is 200 g/mol. The predicted octanol–water partition coefficient (Wildman–Crippen LogP) is -0.223. The molecule has 0 aromatic rings. The first-order chi connectivity index (χ1) is 4.33. The minimum absolute atomic E-state index is 0. The molecule has 1 atom stereocenters. The second-order valence-electron chi connectivity index (χ2n) is 3.09. The average molecular weight is 201 g/mol. The van der Waals surface area contributed by atoms with E-state index >= 15 is 0 Å². The molecule has 2 fully saturated rings. The topological polar surface area (TPSA) is 47.3 Å². The van der Waals surface area contributed by atoms with Gasteiger partial charge in [-0.05, 0) is 0 Å². The first-order valence-electron chi connectivity index (χ1n) is 3.38. The molecule has 3 N–H and O–H groups in total. The molecule has 0 unspecified atom stereocenters. The van der Waals surface area contributed by atoms with Gasteiger partial charge in [0.1, 0.15) is 0 Å². The molecule has 11 heavy (non-hydrogen) atoms. The molecule has 0 aliphatic carbocycles. The second kappa shape index (κ2) is 3.92. The lowest BCUT2D eigenvalue weighted by Crippen LogP contribution is -2.62. The Balaban J connectivity index is 0.000000500. The van der Waals surface area contributed by atoms with Crippen LogP contribution in [0.2, 0.25) is 0 Å². The van der Waals surface area contributed by atoms with Crippen molar-refractivity contribution in [2.24, 2.45) is 11.1 Å². The van der Waals surface area contributed by atoms with E-state index in [0.717, 1.165) is 26.3 Å². The first-order valence-corrected chi connectivity index (χ1v) is 3.38. The van der Waals surface area contributed by atoms with Crippen LogP contribution in [0, 0.1) is 5.41 Å². The Morgan fingerprint density at radius 1 is 1.36 bits per heavy atom. The molecule has 2 aliphatic rings. The fourth-order valence-electron chi connectivity index (χ4n) is 1.48. The molecular formula is C6H14Cl2N2O. The fourth-order valence-corrected chi connectivity index (χ4v) is 1.48. The number of hydrogen-bond acceptors (Lipinski definition) is 3. The molecule has 3 nitrogen and oxygen atoms in total. The smallest absolute Gasteiger partial charge is 0.0625 e. The second-order valence-corrected chi connectivity index (χ2v) is 3.09. The molecule has 2 saturated heterocycles. The number of nitrogens with two attached hydrogens (primary N) is 1. The van der Waals surface area contributed by atoms with Crippen molar-refractivity contribution in [2.45, 2.75) is 6.04 Å².